The molecular formula is C27H19F4N2O5+. The summed E-state index contributed by atoms with van der Waals surface area (Å²) in [5, 5.41) is 20.3. The molecule has 2 saturated heterocycles. The maximum Gasteiger partial charge on any atom is 0.361 e. The van der Waals surface area contributed by atoms with Gasteiger partial charge in [-0.15, -0.1) is 0 Å². The van der Waals surface area contributed by atoms with E-state index in [-0.39, 0.29) is 28.0 Å². The molecule has 6 rings (SSSR count). The van der Waals surface area contributed by atoms with E-state index in [4.69, 9.17) is 4.42 Å². The van der Waals surface area contributed by atoms with Crippen molar-refractivity contribution < 1.29 is 41.8 Å². The van der Waals surface area contributed by atoms with Crippen molar-refractivity contribution in [1.82, 2.24) is 4.58 Å². The topological polar surface area (TPSA) is 94.0 Å². The van der Waals surface area contributed by atoms with Gasteiger partial charge < -0.3 is 19.5 Å². The molecule has 0 atom stereocenters. The van der Waals surface area contributed by atoms with E-state index in [1.54, 1.807) is 36.4 Å². The van der Waals surface area contributed by atoms with Crippen LogP contribution in [0.3, 0.4) is 0 Å². The smallest absolute Gasteiger partial charge is 0.361 e. The molecule has 0 radical (unpaired) electrons. The molecule has 0 unspecified atom stereocenters. The number of benzene rings is 3. The van der Waals surface area contributed by atoms with Gasteiger partial charge in [0.05, 0.1) is 30.3 Å². The quantitative estimate of drug-likeness (QED) is 0.231. The van der Waals surface area contributed by atoms with Crippen LogP contribution in [0.15, 0.2) is 59.0 Å². The lowest BCUT2D eigenvalue weighted by Crippen LogP contribution is -2.57. The third kappa shape index (κ3) is 3.94. The maximum absolute atomic E-state index is 13.5. The Morgan fingerprint density at radius 1 is 0.842 bits per heavy atom. The molecule has 2 aromatic carbocycles. The molecule has 0 saturated carbocycles. The van der Waals surface area contributed by atoms with Crippen LogP contribution in [0.5, 0.6) is 0 Å². The summed E-state index contributed by atoms with van der Waals surface area (Å²) in [6, 6.07) is 13.2. The lowest BCUT2D eigenvalue weighted by Gasteiger charge is -2.40. The number of hydrogen-bond donors (Lipinski definition) is 2. The predicted molar refractivity (Wildman–Crippen MR) is 129 cm³/mol. The fourth-order valence-electron chi connectivity index (χ4n) is 5.01. The van der Waals surface area contributed by atoms with Crippen LogP contribution in [0.4, 0.5) is 23.2 Å². The molecule has 3 heterocycles. The van der Waals surface area contributed by atoms with Crippen LogP contribution < -0.4 is 14.8 Å². The Bertz CT molecular complexity index is 1690. The van der Waals surface area contributed by atoms with Crippen molar-refractivity contribution in [3.8, 4) is 22.5 Å². The van der Waals surface area contributed by atoms with Crippen LogP contribution in [0, 0.1) is 0 Å². The van der Waals surface area contributed by atoms with Crippen molar-refractivity contribution >= 4 is 28.6 Å². The van der Waals surface area contributed by atoms with Crippen molar-refractivity contribution in [1.29, 1.82) is 0 Å². The highest BCUT2D eigenvalue weighted by Gasteiger charge is 2.50. The van der Waals surface area contributed by atoms with Gasteiger partial charge in [-0.2, -0.15) is 8.78 Å². The molecule has 2 N–H and O–H groups in total. The number of hydrogen-bond acceptors (Lipinski definition) is 4. The van der Waals surface area contributed by atoms with E-state index in [1.807, 2.05) is 0 Å². The zero-order valence-electron chi connectivity index (χ0n) is 19.6. The van der Waals surface area contributed by atoms with Gasteiger partial charge in [-0.1, -0.05) is 0 Å². The fourth-order valence-corrected chi connectivity index (χ4v) is 5.01. The zero-order valence-corrected chi connectivity index (χ0v) is 19.6. The molecule has 2 fully saturated rings. The van der Waals surface area contributed by atoms with E-state index in [1.165, 1.54) is 27.7 Å². The van der Waals surface area contributed by atoms with Crippen molar-refractivity contribution in [3.63, 3.8) is 0 Å². The first-order valence-electron chi connectivity index (χ1n) is 11.6. The van der Waals surface area contributed by atoms with Crippen molar-refractivity contribution in [2.75, 3.05) is 31.1 Å². The second-order valence-electron chi connectivity index (χ2n) is 9.63. The molecule has 4 aliphatic rings. The Labute approximate surface area is 211 Å². The number of fused-ring (bicyclic) bond motifs is 2. The highest BCUT2D eigenvalue weighted by Crippen LogP contribution is 2.43. The summed E-state index contributed by atoms with van der Waals surface area (Å²) >= 11 is 0. The molecule has 1 aliphatic carbocycles. The number of alkyl halides is 4. The third-order valence-corrected chi connectivity index (χ3v) is 6.87. The number of carbonyl (C=O) groups is 2. The summed E-state index contributed by atoms with van der Waals surface area (Å²) in [5.74, 6) is -7.90. The average Bonchev–Trinajstić information content (AvgIpc) is 2.83. The molecule has 38 heavy (non-hydrogen) atoms. The minimum absolute atomic E-state index is 0.120. The van der Waals surface area contributed by atoms with Gasteiger partial charge in [0, 0.05) is 34.3 Å². The van der Waals surface area contributed by atoms with Gasteiger partial charge in [-0.05, 0) is 42.0 Å². The highest BCUT2D eigenvalue weighted by molar-refractivity contribution is 6.09. The van der Waals surface area contributed by atoms with Crippen molar-refractivity contribution in [2.24, 2.45) is 0 Å². The maximum atomic E-state index is 13.5. The Kier molecular flexibility index (Phi) is 5.07. The number of aromatic carboxylic acids is 2. The van der Waals surface area contributed by atoms with E-state index in [0.717, 1.165) is 0 Å². The number of carboxylic acid groups (broad SMARTS) is 2. The van der Waals surface area contributed by atoms with E-state index < -0.39 is 50.0 Å². The van der Waals surface area contributed by atoms with Crippen LogP contribution in [-0.4, -0.2) is 60.2 Å². The highest BCUT2D eigenvalue weighted by atomic mass is 19.3. The Morgan fingerprint density at radius 2 is 1.58 bits per heavy atom. The lowest BCUT2D eigenvalue weighted by molar-refractivity contribution is -0.0644. The standard InChI is InChI=1S/C27H18F4N2O5/c28-26(29)10-32(11-26)15-2-5-18-21(8-15)38-22-9-16(33-12-27(30,31)13-33)3-6-19(22)23(18)20-7-14(24(34)35)1-4-17(20)25(36)37/h1-9H,10-13H2,(H-,34,35,36,37)/p+1. The molecule has 0 bridgehead atoms. The summed E-state index contributed by atoms with van der Waals surface area (Å²) < 4.78 is 61.5. The second kappa shape index (κ2) is 8.04. The van der Waals surface area contributed by atoms with Crippen LogP contribution in [-0.2, 0) is 0 Å². The lowest BCUT2D eigenvalue weighted by atomic mass is 9.89. The second-order valence-corrected chi connectivity index (χ2v) is 9.63. The molecule has 0 aromatic heterocycles. The first kappa shape index (κ1) is 24.0. The molecule has 7 nitrogen and oxygen atoms in total. The number of carboxylic acids is 2. The van der Waals surface area contributed by atoms with Gasteiger partial charge in [0.15, 0.2) is 0 Å². The van der Waals surface area contributed by atoms with Gasteiger partial charge in [0.2, 0.25) is 18.4 Å². The van der Waals surface area contributed by atoms with Gasteiger partial charge in [0.25, 0.3) is 5.92 Å². The molecule has 11 heteroatoms. The molecular weight excluding hydrogens is 508 g/mol. The number of anilines is 1. The van der Waals surface area contributed by atoms with E-state index in [0.29, 0.717) is 27.6 Å². The van der Waals surface area contributed by atoms with Gasteiger partial charge >= 0.3 is 17.9 Å². The first-order chi connectivity index (χ1) is 17.9. The number of nitrogens with zero attached hydrogens (tertiary/aromatic N) is 2. The summed E-state index contributed by atoms with van der Waals surface area (Å²) in [5.41, 5.74) is 1.34. The summed E-state index contributed by atoms with van der Waals surface area (Å²) in [4.78, 5) is 25.3. The fraction of sp³-hybridized carbons (Fsp3) is 0.222. The van der Waals surface area contributed by atoms with Gasteiger partial charge in [-0.25, -0.2) is 22.9 Å². The first-order valence-corrected chi connectivity index (χ1v) is 11.6. The minimum atomic E-state index is -2.80. The zero-order chi connectivity index (χ0) is 27.0. The molecule has 0 spiro atoms. The van der Waals surface area contributed by atoms with E-state index in [2.05, 4.69) is 0 Å². The van der Waals surface area contributed by atoms with Crippen LogP contribution in [0.2, 0.25) is 0 Å². The largest absolute Gasteiger partial charge is 0.478 e. The normalized spacial score (nSPS) is 17.8. The molecule has 194 valence electrons. The molecule has 0 amide bonds. The Hall–Kier alpha value is -4.41. The predicted octanol–water partition coefficient (Wildman–Crippen LogP) is 4.48. The Balaban J connectivity index is 1.64. The summed E-state index contributed by atoms with van der Waals surface area (Å²) in [6.45, 7) is -1.85. The summed E-state index contributed by atoms with van der Waals surface area (Å²) in [7, 11) is 0. The third-order valence-electron chi connectivity index (χ3n) is 6.87. The van der Waals surface area contributed by atoms with Crippen LogP contribution >= 0.6 is 0 Å². The molecule has 3 aliphatic heterocycles. The van der Waals surface area contributed by atoms with E-state index >= 15 is 0 Å². The Morgan fingerprint density at radius 3 is 2.21 bits per heavy atom. The monoisotopic (exact) mass is 527 g/mol. The minimum Gasteiger partial charge on any atom is -0.478 e. The van der Waals surface area contributed by atoms with Crippen LogP contribution in [0.1, 0.15) is 20.7 Å². The molecule has 2 aromatic rings. The number of halogens is 4. The van der Waals surface area contributed by atoms with Crippen molar-refractivity contribution in [2.45, 2.75) is 11.8 Å². The summed E-state index contributed by atoms with van der Waals surface area (Å²) in [6.07, 6.45) is 0. The number of rotatable bonds is 4. The van der Waals surface area contributed by atoms with Crippen molar-refractivity contribution in [3.05, 3.63) is 71.1 Å². The van der Waals surface area contributed by atoms with Gasteiger partial charge in [0.1, 0.15) is 11.3 Å². The van der Waals surface area contributed by atoms with Crippen LogP contribution in [0.25, 0.3) is 33.4 Å². The van der Waals surface area contributed by atoms with Gasteiger partial charge in [-0.3, -0.25) is 0 Å². The van der Waals surface area contributed by atoms with E-state index in [9.17, 15) is 37.4 Å². The SMILES string of the molecule is O=C(O)c1ccc(C(=O)O)c(-c2c3ccc(=[N+]4CC(F)(F)C4)cc-3oc3cc(N4CC(F)(F)C4)ccc23)c1. The average molecular weight is 527 g/mol.